The number of anilines is 1. The summed E-state index contributed by atoms with van der Waals surface area (Å²) in [6, 6.07) is 11.1. The summed E-state index contributed by atoms with van der Waals surface area (Å²) in [5.41, 5.74) is 1.24. The van der Waals surface area contributed by atoms with Gasteiger partial charge in [0.1, 0.15) is 0 Å². The van der Waals surface area contributed by atoms with Gasteiger partial charge in [-0.1, -0.05) is 48.9 Å². The Labute approximate surface area is 137 Å². The molecule has 0 aliphatic carbocycles. The van der Waals surface area contributed by atoms with E-state index in [9.17, 15) is 8.42 Å². The highest BCUT2D eigenvalue weighted by molar-refractivity contribution is 9.10. The Kier molecular flexibility index (Phi) is 5.24. The zero-order valence-electron chi connectivity index (χ0n) is 11.3. The van der Waals surface area contributed by atoms with E-state index in [1.807, 2.05) is 37.3 Å². The summed E-state index contributed by atoms with van der Waals surface area (Å²) < 4.78 is 27.6. The number of halogens is 2. The van der Waals surface area contributed by atoms with E-state index in [4.69, 9.17) is 11.6 Å². The van der Waals surface area contributed by atoms with Gasteiger partial charge in [-0.15, -0.1) is 0 Å². The Morgan fingerprint density at radius 3 is 2.67 bits per heavy atom. The SMILES string of the molecule is CC(CS(=O)(=O)Nc1cc(Br)cnc1Cl)c1ccccc1. The first kappa shape index (κ1) is 16.3. The van der Waals surface area contributed by atoms with E-state index < -0.39 is 10.0 Å². The van der Waals surface area contributed by atoms with Crippen molar-refractivity contribution in [3.63, 3.8) is 0 Å². The third-order valence-corrected chi connectivity index (χ3v) is 5.11. The zero-order valence-corrected chi connectivity index (χ0v) is 14.4. The lowest BCUT2D eigenvalue weighted by atomic mass is 10.0. The van der Waals surface area contributed by atoms with Crippen LogP contribution in [0.3, 0.4) is 0 Å². The summed E-state index contributed by atoms with van der Waals surface area (Å²) in [7, 11) is -3.52. The summed E-state index contributed by atoms with van der Waals surface area (Å²) in [6.45, 7) is 1.87. The van der Waals surface area contributed by atoms with Gasteiger partial charge in [0, 0.05) is 10.7 Å². The van der Waals surface area contributed by atoms with Gasteiger partial charge in [-0.3, -0.25) is 4.72 Å². The number of hydrogen-bond acceptors (Lipinski definition) is 3. The molecule has 0 amide bonds. The van der Waals surface area contributed by atoms with Crippen molar-refractivity contribution in [2.24, 2.45) is 0 Å². The largest absolute Gasteiger partial charge is 0.280 e. The maximum absolute atomic E-state index is 12.2. The first-order chi connectivity index (χ1) is 9.87. The van der Waals surface area contributed by atoms with E-state index >= 15 is 0 Å². The van der Waals surface area contributed by atoms with Crippen LogP contribution in [0.25, 0.3) is 0 Å². The third-order valence-electron chi connectivity index (χ3n) is 2.91. The highest BCUT2D eigenvalue weighted by atomic mass is 79.9. The topological polar surface area (TPSA) is 59.1 Å². The maximum atomic E-state index is 12.2. The highest BCUT2D eigenvalue weighted by Crippen LogP contribution is 2.25. The minimum absolute atomic E-state index is 0.0279. The van der Waals surface area contributed by atoms with E-state index in [0.29, 0.717) is 4.47 Å². The second-order valence-corrected chi connectivity index (χ2v) is 7.73. The van der Waals surface area contributed by atoms with E-state index in [0.717, 1.165) is 5.56 Å². The van der Waals surface area contributed by atoms with Gasteiger partial charge in [-0.25, -0.2) is 13.4 Å². The molecule has 2 aromatic rings. The minimum Gasteiger partial charge on any atom is -0.280 e. The van der Waals surface area contributed by atoms with Crippen LogP contribution in [0.1, 0.15) is 18.4 Å². The van der Waals surface area contributed by atoms with Crippen LogP contribution in [-0.4, -0.2) is 19.2 Å². The van der Waals surface area contributed by atoms with Gasteiger partial charge in [-0.05, 0) is 33.5 Å². The predicted molar refractivity (Wildman–Crippen MR) is 89.2 cm³/mol. The second-order valence-electron chi connectivity index (χ2n) is 4.69. The molecule has 0 aliphatic rings. The number of nitrogens with one attached hydrogen (secondary N) is 1. The van der Waals surface area contributed by atoms with Crippen molar-refractivity contribution in [3.8, 4) is 0 Å². The molecule has 1 heterocycles. The lowest BCUT2D eigenvalue weighted by Gasteiger charge is -2.14. The molecule has 7 heteroatoms. The lowest BCUT2D eigenvalue weighted by Crippen LogP contribution is -2.20. The van der Waals surface area contributed by atoms with Crippen molar-refractivity contribution >= 4 is 43.2 Å². The van der Waals surface area contributed by atoms with Crippen LogP contribution in [0.15, 0.2) is 47.1 Å². The monoisotopic (exact) mass is 388 g/mol. The maximum Gasteiger partial charge on any atom is 0.233 e. The molecular formula is C14H14BrClN2O2S. The summed E-state index contributed by atoms with van der Waals surface area (Å²) in [4.78, 5) is 3.89. The van der Waals surface area contributed by atoms with Crippen molar-refractivity contribution in [2.75, 3.05) is 10.5 Å². The van der Waals surface area contributed by atoms with Crippen LogP contribution >= 0.6 is 27.5 Å². The molecule has 4 nitrogen and oxygen atoms in total. The fourth-order valence-corrected chi connectivity index (χ4v) is 3.87. The summed E-state index contributed by atoms with van der Waals surface area (Å²) in [5.74, 6) is -0.151. The standard InChI is InChI=1S/C14H14BrClN2O2S/c1-10(11-5-3-2-4-6-11)9-21(19,20)18-13-7-12(15)8-17-14(13)16/h2-8,10,18H,9H2,1H3. The molecule has 0 spiro atoms. The normalized spacial score (nSPS) is 12.9. The molecule has 112 valence electrons. The first-order valence-electron chi connectivity index (χ1n) is 6.24. The van der Waals surface area contributed by atoms with Crippen molar-refractivity contribution in [1.29, 1.82) is 0 Å². The van der Waals surface area contributed by atoms with Gasteiger partial charge in [0.25, 0.3) is 0 Å². The van der Waals surface area contributed by atoms with Crippen molar-refractivity contribution in [1.82, 2.24) is 4.98 Å². The smallest absolute Gasteiger partial charge is 0.233 e. The van der Waals surface area contributed by atoms with Crippen LogP contribution in [0, 0.1) is 0 Å². The van der Waals surface area contributed by atoms with Crippen molar-refractivity contribution in [3.05, 3.63) is 57.8 Å². The summed E-state index contributed by atoms with van der Waals surface area (Å²) in [6.07, 6.45) is 1.51. The fourth-order valence-electron chi connectivity index (χ4n) is 1.91. The number of pyridine rings is 1. The summed E-state index contributed by atoms with van der Waals surface area (Å²) >= 11 is 9.13. The Morgan fingerprint density at radius 1 is 1.33 bits per heavy atom. The van der Waals surface area contributed by atoms with Gasteiger partial charge < -0.3 is 0 Å². The van der Waals surface area contributed by atoms with Crippen LogP contribution in [0.2, 0.25) is 5.15 Å². The molecule has 0 fully saturated rings. The quantitative estimate of drug-likeness (QED) is 0.785. The number of hydrogen-bond donors (Lipinski definition) is 1. The van der Waals surface area contributed by atoms with E-state index in [-0.39, 0.29) is 22.5 Å². The molecule has 1 aromatic heterocycles. The van der Waals surface area contributed by atoms with Crippen LogP contribution in [-0.2, 0) is 10.0 Å². The lowest BCUT2D eigenvalue weighted by molar-refractivity contribution is 0.595. The number of rotatable bonds is 5. The average Bonchev–Trinajstić information content (AvgIpc) is 2.43. The Balaban J connectivity index is 2.14. The molecule has 1 N–H and O–H groups in total. The zero-order chi connectivity index (χ0) is 15.5. The molecule has 1 atom stereocenters. The molecule has 1 aromatic carbocycles. The molecule has 0 radical (unpaired) electrons. The van der Waals surface area contributed by atoms with Crippen molar-refractivity contribution < 1.29 is 8.42 Å². The number of benzene rings is 1. The fraction of sp³-hybridized carbons (Fsp3) is 0.214. The molecule has 21 heavy (non-hydrogen) atoms. The number of nitrogens with zero attached hydrogens (tertiary/aromatic N) is 1. The van der Waals surface area contributed by atoms with Gasteiger partial charge in [0.15, 0.2) is 5.15 Å². The first-order valence-corrected chi connectivity index (χ1v) is 9.06. The Hall–Kier alpha value is -1.11. The van der Waals surface area contributed by atoms with Gasteiger partial charge in [-0.2, -0.15) is 0 Å². The molecule has 0 saturated carbocycles. The van der Waals surface area contributed by atoms with Gasteiger partial charge in [0.2, 0.25) is 10.0 Å². The molecular weight excluding hydrogens is 376 g/mol. The molecule has 0 saturated heterocycles. The van der Waals surface area contributed by atoms with E-state index in [1.165, 1.54) is 6.20 Å². The Morgan fingerprint density at radius 2 is 2.00 bits per heavy atom. The van der Waals surface area contributed by atoms with Gasteiger partial charge in [0.05, 0.1) is 11.4 Å². The van der Waals surface area contributed by atoms with Crippen LogP contribution in [0.5, 0.6) is 0 Å². The molecule has 2 rings (SSSR count). The Bertz CT molecular complexity index is 723. The van der Waals surface area contributed by atoms with Crippen LogP contribution in [0.4, 0.5) is 5.69 Å². The second kappa shape index (κ2) is 6.77. The number of aromatic nitrogens is 1. The van der Waals surface area contributed by atoms with Crippen molar-refractivity contribution in [2.45, 2.75) is 12.8 Å². The predicted octanol–water partition coefficient (Wildman–Crippen LogP) is 4.04. The third kappa shape index (κ3) is 4.69. The highest BCUT2D eigenvalue weighted by Gasteiger charge is 2.18. The molecule has 0 bridgehead atoms. The molecule has 1 unspecified atom stereocenters. The summed E-state index contributed by atoms with van der Waals surface area (Å²) in [5, 5.41) is 0.120. The van der Waals surface area contributed by atoms with E-state index in [2.05, 4.69) is 25.6 Å². The van der Waals surface area contributed by atoms with E-state index in [1.54, 1.807) is 6.07 Å². The van der Waals surface area contributed by atoms with Gasteiger partial charge >= 0.3 is 0 Å². The minimum atomic E-state index is -3.52. The molecule has 0 aliphatic heterocycles. The van der Waals surface area contributed by atoms with Crippen LogP contribution < -0.4 is 4.72 Å². The average molecular weight is 390 g/mol. The number of sulfonamides is 1.